The number of hydrogen-bond acceptors (Lipinski definition) is 7. The van der Waals surface area contributed by atoms with E-state index in [0.29, 0.717) is 16.7 Å². The Bertz CT molecular complexity index is 1210. The number of ketones is 2. The first-order valence-electron chi connectivity index (χ1n) is 10.1. The van der Waals surface area contributed by atoms with Gasteiger partial charge in [0, 0.05) is 46.2 Å². The summed E-state index contributed by atoms with van der Waals surface area (Å²) in [6.45, 7) is 1.19. The van der Waals surface area contributed by atoms with Crippen molar-refractivity contribution in [2.75, 3.05) is 0 Å². The molecule has 0 bridgehead atoms. The van der Waals surface area contributed by atoms with E-state index in [1.165, 1.54) is 18.7 Å². The van der Waals surface area contributed by atoms with E-state index in [0.717, 1.165) is 9.79 Å². The van der Waals surface area contributed by atoms with Crippen LogP contribution in [0.15, 0.2) is 93.8 Å². The SMILES string of the molecule is CC(=O)ON=C(CCC#N)C(=O)c1ccc(Sc2ccc(C(=O)c3ccccc3)cc2)cc1. The summed E-state index contributed by atoms with van der Waals surface area (Å²) in [6, 6.07) is 25.3. The summed E-state index contributed by atoms with van der Waals surface area (Å²) >= 11 is 1.50. The highest BCUT2D eigenvalue weighted by molar-refractivity contribution is 7.99. The lowest BCUT2D eigenvalue weighted by Crippen LogP contribution is -2.15. The predicted octanol–water partition coefficient (Wildman–Crippen LogP) is 5.47. The number of carbonyl (C=O) groups is 3. The number of benzene rings is 3. The van der Waals surface area contributed by atoms with E-state index in [1.807, 2.05) is 36.4 Å². The van der Waals surface area contributed by atoms with Gasteiger partial charge in [-0.05, 0) is 48.5 Å². The first-order chi connectivity index (χ1) is 16.0. The summed E-state index contributed by atoms with van der Waals surface area (Å²) in [5, 5.41) is 12.4. The van der Waals surface area contributed by atoms with Crippen molar-refractivity contribution in [2.24, 2.45) is 5.16 Å². The zero-order valence-corrected chi connectivity index (χ0v) is 18.7. The topological polar surface area (TPSA) is 96.6 Å². The number of nitrogens with zero attached hydrogens (tertiary/aromatic N) is 2. The van der Waals surface area contributed by atoms with Gasteiger partial charge in [0.15, 0.2) is 5.78 Å². The highest BCUT2D eigenvalue weighted by Crippen LogP contribution is 2.28. The van der Waals surface area contributed by atoms with E-state index < -0.39 is 11.8 Å². The van der Waals surface area contributed by atoms with Crippen molar-refractivity contribution in [2.45, 2.75) is 29.6 Å². The second kappa shape index (κ2) is 11.6. The molecule has 6 nitrogen and oxygen atoms in total. The van der Waals surface area contributed by atoms with Crippen molar-refractivity contribution in [3.8, 4) is 6.07 Å². The maximum atomic E-state index is 12.7. The van der Waals surface area contributed by atoms with Crippen molar-refractivity contribution in [3.05, 3.63) is 95.6 Å². The summed E-state index contributed by atoms with van der Waals surface area (Å²) < 4.78 is 0. The zero-order chi connectivity index (χ0) is 23.6. The molecule has 0 aliphatic carbocycles. The van der Waals surface area contributed by atoms with Gasteiger partial charge in [0.25, 0.3) is 0 Å². The molecule has 0 N–H and O–H groups in total. The molecule has 3 aromatic rings. The van der Waals surface area contributed by atoms with Crippen molar-refractivity contribution >= 4 is 35.0 Å². The molecule has 0 radical (unpaired) electrons. The third kappa shape index (κ3) is 6.73. The number of Topliss-reactive ketones (excluding diaryl/α,β-unsaturated/α-hetero) is 1. The van der Waals surface area contributed by atoms with Crippen LogP contribution < -0.4 is 0 Å². The minimum Gasteiger partial charge on any atom is -0.318 e. The van der Waals surface area contributed by atoms with E-state index in [2.05, 4.69) is 9.99 Å². The van der Waals surface area contributed by atoms with Gasteiger partial charge in [0.1, 0.15) is 5.71 Å². The van der Waals surface area contributed by atoms with E-state index >= 15 is 0 Å². The zero-order valence-electron chi connectivity index (χ0n) is 17.9. The molecule has 0 aliphatic heterocycles. The van der Waals surface area contributed by atoms with E-state index in [1.54, 1.807) is 48.5 Å². The number of carbonyl (C=O) groups excluding carboxylic acids is 3. The smallest absolute Gasteiger partial charge is 0.318 e. The molecule has 0 aliphatic rings. The van der Waals surface area contributed by atoms with E-state index in [4.69, 9.17) is 5.26 Å². The molecule has 0 saturated carbocycles. The Morgan fingerprint density at radius 3 is 1.94 bits per heavy atom. The number of oxime groups is 1. The largest absolute Gasteiger partial charge is 0.331 e. The molecule has 0 fully saturated rings. The van der Waals surface area contributed by atoms with Crippen LogP contribution in [0.3, 0.4) is 0 Å². The molecule has 0 saturated heterocycles. The Kier molecular flexibility index (Phi) is 8.28. The van der Waals surface area contributed by atoms with Crippen molar-refractivity contribution < 1.29 is 19.2 Å². The van der Waals surface area contributed by atoms with Crippen molar-refractivity contribution in [1.82, 2.24) is 0 Å². The fourth-order valence-corrected chi connectivity index (χ4v) is 3.72. The number of hydrogen-bond donors (Lipinski definition) is 0. The van der Waals surface area contributed by atoms with Gasteiger partial charge in [0.05, 0.1) is 6.07 Å². The molecule has 0 aromatic heterocycles. The van der Waals surface area contributed by atoms with Gasteiger partial charge in [-0.2, -0.15) is 5.26 Å². The second-order valence-electron chi connectivity index (χ2n) is 6.95. The summed E-state index contributed by atoms with van der Waals surface area (Å²) in [6.07, 6.45) is 0.176. The normalized spacial score (nSPS) is 10.8. The Morgan fingerprint density at radius 2 is 1.39 bits per heavy atom. The van der Waals surface area contributed by atoms with Crippen LogP contribution in [-0.4, -0.2) is 23.2 Å². The lowest BCUT2D eigenvalue weighted by Gasteiger charge is -2.06. The third-order valence-corrected chi connectivity index (χ3v) is 5.54. The third-order valence-electron chi connectivity index (χ3n) is 4.52. The van der Waals surface area contributed by atoms with Crippen LogP contribution in [-0.2, 0) is 9.63 Å². The van der Waals surface area contributed by atoms with Gasteiger partial charge < -0.3 is 4.84 Å². The van der Waals surface area contributed by atoms with Crippen molar-refractivity contribution in [1.29, 1.82) is 5.26 Å². The first-order valence-corrected chi connectivity index (χ1v) is 10.9. The molecule has 7 heteroatoms. The van der Waals surface area contributed by atoms with Gasteiger partial charge in [-0.25, -0.2) is 4.79 Å². The molecule has 0 atom stereocenters. The molecule has 164 valence electrons. The van der Waals surface area contributed by atoms with Gasteiger partial charge in [0.2, 0.25) is 5.78 Å². The first kappa shape index (κ1) is 23.6. The van der Waals surface area contributed by atoms with Gasteiger partial charge >= 0.3 is 5.97 Å². The van der Waals surface area contributed by atoms with Gasteiger partial charge in [-0.1, -0.05) is 47.2 Å². The van der Waals surface area contributed by atoms with Gasteiger partial charge in [-0.15, -0.1) is 0 Å². The lowest BCUT2D eigenvalue weighted by atomic mass is 10.0. The summed E-state index contributed by atoms with van der Waals surface area (Å²) in [4.78, 5) is 42.7. The molecule has 3 aromatic carbocycles. The Morgan fingerprint density at radius 1 is 0.848 bits per heavy atom. The van der Waals surface area contributed by atoms with Crippen LogP contribution in [0, 0.1) is 11.3 Å². The summed E-state index contributed by atoms with van der Waals surface area (Å²) in [5.41, 5.74) is 1.66. The molecule has 3 rings (SSSR count). The van der Waals surface area contributed by atoms with Crippen LogP contribution in [0.2, 0.25) is 0 Å². The van der Waals surface area contributed by atoms with Crippen LogP contribution in [0.5, 0.6) is 0 Å². The summed E-state index contributed by atoms with van der Waals surface area (Å²) in [5.74, 6) is -1.06. The maximum absolute atomic E-state index is 12.7. The average Bonchev–Trinajstić information content (AvgIpc) is 2.84. The van der Waals surface area contributed by atoms with Crippen LogP contribution in [0.4, 0.5) is 0 Å². The molecule has 0 amide bonds. The number of nitriles is 1. The molecular weight excluding hydrogens is 436 g/mol. The predicted molar refractivity (Wildman–Crippen MR) is 125 cm³/mol. The quantitative estimate of drug-likeness (QED) is 0.183. The Hall–Kier alpha value is -4.02. The van der Waals surface area contributed by atoms with Crippen molar-refractivity contribution in [3.63, 3.8) is 0 Å². The number of rotatable bonds is 9. The highest BCUT2D eigenvalue weighted by atomic mass is 32.2. The van der Waals surface area contributed by atoms with Crippen LogP contribution in [0.1, 0.15) is 46.0 Å². The fraction of sp³-hybridized carbons (Fsp3) is 0.115. The van der Waals surface area contributed by atoms with Gasteiger partial charge in [-0.3, -0.25) is 9.59 Å². The van der Waals surface area contributed by atoms with Crippen LogP contribution >= 0.6 is 11.8 Å². The Labute approximate surface area is 195 Å². The fourth-order valence-electron chi connectivity index (χ4n) is 2.90. The molecule has 0 heterocycles. The highest BCUT2D eigenvalue weighted by Gasteiger charge is 2.16. The second-order valence-corrected chi connectivity index (χ2v) is 8.10. The average molecular weight is 457 g/mol. The lowest BCUT2D eigenvalue weighted by molar-refractivity contribution is -0.140. The Balaban J connectivity index is 1.68. The molecular formula is C26H20N2O4S. The molecule has 33 heavy (non-hydrogen) atoms. The van der Waals surface area contributed by atoms with E-state index in [-0.39, 0.29) is 24.3 Å². The molecule has 0 unspecified atom stereocenters. The van der Waals surface area contributed by atoms with Crippen LogP contribution in [0.25, 0.3) is 0 Å². The van der Waals surface area contributed by atoms with E-state index in [9.17, 15) is 14.4 Å². The molecule has 0 spiro atoms. The standard InChI is InChI=1S/C26H20N2O4S/c1-18(29)32-28-24(8-5-17-27)26(31)21-11-15-23(16-12-21)33-22-13-9-20(10-14-22)25(30)19-6-3-2-4-7-19/h2-4,6-7,9-16H,5,8H2,1H3. The minimum atomic E-state index is -0.638. The summed E-state index contributed by atoms with van der Waals surface area (Å²) in [7, 11) is 0. The maximum Gasteiger partial charge on any atom is 0.331 e. The monoisotopic (exact) mass is 456 g/mol. The minimum absolute atomic E-state index is 0.0193.